The molecule has 0 spiro atoms. The van der Waals surface area contributed by atoms with Gasteiger partial charge in [-0.15, -0.1) is 13.2 Å². The number of hydrogen-bond acceptors (Lipinski definition) is 7. The fourth-order valence-corrected chi connectivity index (χ4v) is 4.39. The summed E-state index contributed by atoms with van der Waals surface area (Å²) in [5.41, 5.74) is -0.215. The number of aryl methyl sites for hydroxylation is 1. The molecule has 13 heteroatoms. The number of aromatic nitrogens is 2. The molecule has 2 aromatic rings. The van der Waals surface area contributed by atoms with E-state index in [1.807, 2.05) is 33.9 Å². The van der Waals surface area contributed by atoms with Crippen molar-refractivity contribution in [2.24, 2.45) is 0 Å². The van der Waals surface area contributed by atoms with Crippen molar-refractivity contribution in [3.8, 4) is 5.75 Å². The Labute approximate surface area is 196 Å². The lowest BCUT2D eigenvalue weighted by molar-refractivity contribution is -0.325. The molecule has 0 saturated carbocycles. The average Bonchev–Trinajstić information content (AvgIpc) is 3.07. The molecular weight excluding hydrogens is 453 g/mol. The van der Waals surface area contributed by atoms with Crippen LogP contribution in [0.15, 0.2) is 36.5 Å². The molecule has 2 aromatic heterocycles. The van der Waals surface area contributed by atoms with Gasteiger partial charge in [-0.05, 0) is 31.2 Å². The Balaban J connectivity index is 1.44. The first-order valence-corrected chi connectivity index (χ1v) is 10.9. The van der Waals surface area contributed by atoms with E-state index in [0.717, 1.165) is 5.69 Å². The standard InChI is InChI=1S/C21H24B2F3N3O5/c1-13-15(31-10-11-32-21(24,25)26)6-5-14(28-13)18(30)29-9-7-19(16-4-2-3-8-27-16)17(12-29)33-20(22,23)34-19/h2-6,8,17H,7,9-12,22-23H2,1H3/t17?,19-/m1/s1. The van der Waals surface area contributed by atoms with Gasteiger partial charge in [0.25, 0.3) is 5.91 Å². The van der Waals surface area contributed by atoms with E-state index in [-0.39, 0.29) is 24.0 Å². The van der Waals surface area contributed by atoms with Gasteiger partial charge >= 0.3 is 6.36 Å². The number of carbonyl (C=O) groups excluding carboxylic acids is 1. The predicted molar refractivity (Wildman–Crippen MR) is 119 cm³/mol. The van der Waals surface area contributed by atoms with Crippen molar-refractivity contribution in [3.05, 3.63) is 53.6 Å². The minimum absolute atomic E-state index is 0.208. The number of amides is 1. The van der Waals surface area contributed by atoms with Crippen molar-refractivity contribution in [1.29, 1.82) is 0 Å². The molecule has 2 saturated heterocycles. The van der Waals surface area contributed by atoms with Crippen LogP contribution in [-0.2, 0) is 19.8 Å². The van der Waals surface area contributed by atoms with Gasteiger partial charge in [-0.2, -0.15) is 0 Å². The number of piperidine rings is 1. The number of likely N-dealkylation sites (tertiary alicyclic amines) is 1. The summed E-state index contributed by atoms with van der Waals surface area (Å²) in [4.78, 5) is 23.6. The number of alkyl halides is 3. The SMILES string of the molecule is BC1(B)OC2CN(C(=O)c3ccc(OCCOC(F)(F)F)c(C)n3)CC[C@]2(c2ccccn2)O1. The molecule has 0 aromatic carbocycles. The van der Waals surface area contributed by atoms with E-state index < -0.39 is 30.3 Å². The van der Waals surface area contributed by atoms with Crippen LogP contribution in [0.2, 0.25) is 0 Å². The fourth-order valence-electron chi connectivity index (χ4n) is 4.39. The highest BCUT2D eigenvalue weighted by molar-refractivity contribution is 6.38. The molecular formula is C21H24B2F3N3O5. The maximum atomic E-state index is 13.2. The minimum atomic E-state index is -4.71. The van der Waals surface area contributed by atoms with Crippen LogP contribution in [0.25, 0.3) is 0 Å². The molecule has 0 N–H and O–H groups in total. The number of carbonyl (C=O) groups is 1. The first-order chi connectivity index (χ1) is 16.0. The molecule has 8 nitrogen and oxygen atoms in total. The molecule has 4 heterocycles. The molecule has 1 unspecified atom stereocenters. The minimum Gasteiger partial charge on any atom is -0.489 e. The maximum absolute atomic E-state index is 13.2. The monoisotopic (exact) mass is 477 g/mol. The van der Waals surface area contributed by atoms with Gasteiger partial charge in [-0.1, -0.05) is 6.07 Å². The number of hydrogen-bond donors (Lipinski definition) is 0. The second-order valence-corrected chi connectivity index (χ2v) is 8.64. The fraction of sp³-hybridized carbons (Fsp3) is 0.476. The van der Waals surface area contributed by atoms with E-state index in [4.69, 9.17) is 14.2 Å². The van der Waals surface area contributed by atoms with Crippen LogP contribution in [0.4, 0.5) is 13.2 Å². The first-order valence-electron chi connectivity index (χ1n) is 10.9. The maximum Gasteiger partial charge on any atom is 0.522 e. The highest BCUT2D eigenvalue weighted by Gasteiger charge is 2.57. The molecule has 180 valence electrons. The summed E-state index contributed by atoms with van der Waals surface area (Å²) < 4.78 is 57.7. The number of fused-ring (bicyclic) bond motifs is 1. The number of nitrogens with zero attached hydrogens (tertiary/aromatic N) is 3. The van der Waals surface area contributed by atoms with Crippen molar-refractivity contribution in [1.82, 2.24) is 14.9 Å². The summed E-state index contributed by atoms with van der Waals surface area (Å²) in [6.45, 7) is 1.39. The van der Waals surface area contributed by atoms with E-state index >= 15 is 0 Å². The van der Waals surface area contributed by atoms with Crippen LogP contribution < -0.4 is 4.74 Å². The quantitative estimate of drug-likeness (QED) is 0.449. The lowest BCUT2D eigenvalue weighted by atomic mass is 9.76. The number of halogens is 3. The second-order valence-electron chi connectivity index (χ2n) is 8.64. The van der Waals surface area contributed by atoms with E-state index in [1.54, 1.807) is 18.0 Å². The Hall–Kier alpha value is -2.63. The third-order valence-electron chi connectivity index (χ3n) is 5.76. The molecule has 4 rings (SSSR count). The van der Waals surface area contributed by atoms with Crippen LogP contribution in [0.3, 0.4) is 0 Å². The second kappa shape index (κ2) is 9.20. The lowest BCUT2D eigenvalue weighted by Gasteiger charge is -2.41. The number of pyridine rings is 2. The van der Waals surface area contributed by atoms with Crippen molar-refractivity contribution in [3.63, 3.8) is 0 Å². The van der Waals surface area contributed by atoms with Gasteiger partial charge in [0, 0.05) is 19.2 Å². The number of ether oxygens (including phenoxy) is 4. The molecule has 1 amide bonds. The van der Waals surface area contributed by atoms with Gasteiger partial charge in [0.15, 0.2) is 15.7 Å². The van der Waals surface area contributed by atoms with Gasteiger partial charge in [-0.3, -0.25) is 14.5 Å². The van der Waals surface area contributed by atoms with Gasteiger partial charge in [0.05, 0.1) is 30.1 Å². The van der Waals surface area contributed by atoms with Crippen molar-refractivity contribution in [2.75, 3.05) is 26.3 Å². The van der Waals surface area contributed by atoms with Crippen molar-refractivity contribution >= 4 is 21.6 Å². The highest BCUT2D eigenvalue weighted by Crippen LogP contribution is 2.46. The predicted octanol–water partition coefficient (Wildman–Crippen LogP) is 0.735. The Morgan fingerprint density at radius 3 is 2.74 bits per heavy atom. The Kier molecular flexibility index (Phi) is 6.63. The van der Waals surface area contributed by atoms with Crippen LogP contribution >= 0.6 is 0 Å². The molecule has 2 aliphatic rings. The van der Waals surface area contributed by atoms with Crippen LogP contribution in [-0.4, -0.2) is 80.8 Å². The highest BCUT2D eigenvalue weighted by atomic mass is 19.4. The molecule has 0 aliphatic carbocycles. The van der Waals surface area contributed by atoms with E-state index in [9.17, 15) is 18.0 Å². The Morgan fingerprint density at radius 2 is 2.06 bits per heavy atom. The molecule has 2 atom stereocenters. The summed E-state index contributed by atoms with van der Waals surface area (Å²) >= 11 is 0. The van der Waals surface area contributed by atoms with Crippen molar-refractivity contribution < 1.29 is 36.9 Å². The zero-order valence-electron chi connectivity index (χ0n) is 19.1. The van der Waals surface area contributed by atoms with Crippen LogP contribution in [0.1, 0.15) is 28.3 Å². The third-order valence-corrected chi connectivity index (χ3v) is 5.76. The smallest absolute Gasteiger partial charge is 0.489 e. The van der Waals surface area contributed by atoms with Crippen LogP contribution in [0.5, 0.6) is 5.75 Å². The summed E-state index contributed by atoms with van der Waals surface area (Å²) in [5.74, 6) is 0.00222. The average molecular weight is 477 g/mol. The molecule has 0 radical (unpaired) electrons. The largest absolute Gasteiger partial charge is 0.522 e. The normalized spacial score (nSPS) is 24.0. The van der Waals surface area contributed by atoms with E-state index in [0.29, 0.717) is 25.2 Å². The first kappa shape index (κ1) is 24.5. The van der Waals surface area contributed by atoms with Gasteiger partial charge in [-0.25, -0.2) is 4.98 Å². The Morgan fingerprint density at radius 1 is 1.26 bits per heavy atom. The number of rotatable bonds is 6. The molecule has 2 fully saturated rings. The van der Waals surface area contributed by atoms with E-state index in [2.05, 4.69) is 14.7 Å². The van der Waals surface area contributed by atoms with Gasteiger partial charge in [0.2, 0.25) is 0 Å². The molecule has 2 aliphatic heterocycles. The Bertz CT molecular complexity index is 1040. The lowest BCUT2D eigenvalue weighted by Crippen LogP contribution is -2.54. The van der Waals surface area contributed by atoms with E-state index in [1.165, 1.54) is 12.1 Å². The summed E-state index contributed by atoms with van der Waals surface area (Å²) in [6.07, 6.45) is -2.91. The zero-order valence-corrected chi connectivity index (χ0v) is 19.1. The van der Waals surface area contributed by atoms with Gasteiger partial charge in [0.1, 0.15) is 29.8 Å². The topological polar surface area (TPSA) is 83.0 Å². The third kappa shape index (κ3) is 5.21. The molecule has 0 bridgehead atoms. The van der Waals surface area contributed by atoms with Crippen molar-refractivity contribution in [2.45, 2.75) is 37.0 Å². The summed E-state index contributed by atoms with van der Waals surface area (Å²) in [7, 11) is 3.68. The summed E-state index contributed by atoms with van der Waals surface area (Å²) in [5, 5.41) is 0. The molecule has 34 heavy (non-hydrogen) atoms. The summed E-state index contributed by atoms with van der Waals surface area (Å²) in [6, 6.07) is 8.64. The zero-order chi connectivity index (χ0) is 24.6. The van der Waals surface area contributed by atoms with Gasteiger partial charge < -0.3 is 19.1 Å². The van der Waals surface area contributed by atoms with Crippen LogP contribution in [0, 0.1) is 6.92 Å².